The third-order valence-corrected chi connectivity index (χ3v) is 3.54. The van der Waals surface area contributed by atoms with E-state index in [-0.39, 0.29) is 5.97 Å². The van der Waals surface area contributed by atoms with Crippen LogP contribution >= 0.6 is 0 Å². The summed E-state index contributed by atoms with van der Waals surface area (Å²) in [5, 5.41) is 11.0. The zero-order valence-electron chi connectivity index (χ0n) is 11.7. The van der Waals surface area contributed by atoms with Crippen molar-refractivity contribution in [2.75, 3.05) is 26.7 Å². The van der Waals surface area contributed by atoms with E-state index in [9.17, 15) is 4.79 Å². The predicted molar refractivity (Wildman–Crippen MR) is 69.4 cm³/mol. The number of carbonyl (C=O) groups excluding carboxylic acids is 1. The first-order chi connectivity index (χ1) is 9.09. The largest absolute Gasteiger partial charge is 0.465 e. The fraction of sp³-hybridized carbons (Fsp3) is 0.750. The molecule has 0 saturated heterocycles. The van der Waals surface area contributed by atoms with E-state index in [2.05, 4.69) is 20.4 Å². The van der Waals surface area contributed by atoms with Crippen LogP contribution in [0, 0.1) is 0 Å². The monoisotopic (exact) mass is 267 g/mol. The fourth-order valence-electron chi connectivity index (χ4n) is 2.23. The van der Waals surface area contributed by atoms with Crippen LogP contribution in [0.2, 0.25) is 0 Å². The van der Waals surface area contributed by atoms with Gasteiger partial charge >= 0.3 is 5.97 Å². The Morgan fingerprint density at radius 1 is 1.58 bits per heavy atom. The smallest absolute Gasteiger partial charge is 0.327 e. The van der Waals surface area contributed by atoms with Crippen molar-refractivity contribution in [1.82, 2.24) is 25.0 Å². The highest BCUT2D eigenvalue weighted by atomic mass is 16.5. The Labute approximate surface area is 112 Å². The van der Waals surface area contributed by atoms with Crippen LogP contribution in [0.1, 0.15) is 19.7 Å². The van der Waals surface area contributed by atoms with Crippen LogP contribution in [0.3, 0.4) is 0 Å². The molecule has 106 valence electrons. The molecule has 1 unspecified atom stereocenters. The van der Waals surface area contributed by atoms with Gasteiger partial charge in [-0.15, -0.1) is 10.2 Å². The quantitative estimate of drug-likeness (QED) is 0.734. The van der Waals surface area contributed by atoms with E-state index >= 15 is 0 Å². The van der Waals surface area contributed by atoms with Crippen molar-refractivity contribution in [3.8, 4) is 0 Å². The van der Waals surface area contributed by atoms with Crippen molar-refractivity contribution in [2.45, 2.75) is 32.5 Å². The molecular formula is C12H21N5O2. The number of esters is 1. The highest BCUT2D eigenvalue weighted by Crippen LogP contribution is 2.15. The molecule has 0 aromatic carbocycles. The topological polar surface area (TPSA) is 72.3 Å². The number of nitrogens with zero attached hydrogens (tertiary/aromatic N) is 4. The van der Waals surface area contributed by atoms with Gasteiger partial charge in [-0.2, -0.15) is 0 Å². The van der Waals surface area contributed by atoms with Crippen molar-refractivity contribution in [1.29, 1.82) is 0 Å². The molecule has 2 rings (SSSR count). The number of hydrogen-bond donors (Lipinski definition) is 1. The Kier molecular flexibility index (Phi) is 4.16. The minimum absolute atomic E-state index is 0.218. The maximum absolute atomic E-state index is 12.0. The van der Waals surface area contributed by atoms with Crippen molar-refractivity contribution in [3.63, 3.8) is 0 Å². The van der Waals surface area contributed by atoms with Gasteiger partial charge in [0.05, 0.1) is 13.2 Å². The third-order valence-electron chi connectivity index (χ3n) is 3.54. The van der Waals surface area contributed by atoms with Gasteiger partial charge in [0.25, 0.3) is 0 Å². The number of nitrogens with one attached hydrogen (secondary N) is 1. The first kappa shape index (κ1) is 14.0. The van der Waals surface area contributed by atoms with Gasteiger partial charge in [-0.25, -0.2) is 0 Å². The maximum Gasteiger partial charge on any atom is 0.327 e. The number of aromatic nitrogens is 3. The molecule has 1 aliphatic rings. The highest BCUT2D eigenvalue weighted by Gasteiger charge is 2.36. The summed E-state index contributed by atoms with van der Waals surface area (Å²) in [6, 6.07) is 0. The van der Waals surface area contributed by atoms with E-state index in [1.54, 1.807) is 13.4 Å². The van der Waals surface area contributed by atoms with Crippen LogP contribution in [0.15, 0.2) is 6.33 Å². The van der Waals surface area contributed by atoms with E-state index in [0.29, 0.717) is 19.7 Å². The van der Waals surface area contributed by atoms with Crippen LogP contribution in [-0.4, -0.2) is 57.9 Å². The Balaban J connectivity index is 2.02. The van der Waals surface area contributed by atoms with Gasteiger partial charge in [-0.3, -0.25) is 9.69 Å². The lowest BCUT2D eigenvalue weighted by molar-refractivity contribution is -0.151. The lowest BCUT2D eigenvalue weighted by Gasteiger charge is -2.35. The van der Waals surface area contributed by atoms with Gasteiger partial charge in [-0.1, -0.05) is 0 Å². The van der Waals surface area contributed by atoms with Crippen LogP contribution in [0.25, 0.3) is 0 Å². The van der Waals surface area contributed by atoms with E-state index in [4.69, 9.17) is 4.74 Å². The number of ether oxygens (including phenoxy) is 1. The number of rotatable bonds is 5. The molecule has 1 aromatic rings. The Bertz CT molecular complexity index is 447. The molecule has 0 radical (unpaired) electrons. The molecule has 19 heavy (non-hydrogen) atoms. The molecule has 2 heterocycles. The van der Waals surface area contributed by atoms with Crippen molar-refractivity contribution < 1.29 is 9.53 Å². The molecule has 0 aliphatic carbocycles. The molecule has 1 N–H and O–H groups in total. The zero-order chi connectivity index (χ0) is 13.9. The second kappa shape index (κ2) is 5.66. The lowest BCUT2D eigenvalue weighted by Crippen LogP contribution is -2.57. The summed E-state index contributed by atoms with van der Waals surface area (Å²) in [7, 11) is 1.78. The minimum atomic E-state index is -0.696. The summed E-state index contributed by atoms with van der Waals surface area (Å²) >= 11 is 0. The molecule has 1 atom stereocenters. The summed E-state index contributed by atoms with van der Waals surface area (Å²) in [5.41, 5.74) is -0.696. The second-order valence-electron chi connectivity index (χ2n) is 4.95. The van der Waals surface area contributed by atoms with Gasteiger partial charge in [0, 0.05) is 19.6 Å². The Morgan fingerprint density at radius 2 is 2.37 bits per heavy atom. The number of hydrogen-bond acceptors (Lipinski definition) is 6. The first-order valence-electron chi connectivity index (χ1n) is 6.54. The summed E-state index contributed by atoms with van der Waals surface area (Å²) in [6.45, 7) is 7.10. The standard InChI is InChI=1S/C12H21N5O2/c1-4-19-11(18)12(2,13-3)8-16-5-6-17-9-14-15-10(17)7-16/h9,13H,4-8H2,1-3H3. The van der Waals surface area contributed by atoms with E-state index in [1.807, 2.05) is 18.4 Å². The summed E-state index contributed by atoms with van der Waals surface area (Å²) in [6.07, 6.45) is 1.75. The van der Waals surface area contributed by atoms with Gasteiger partial charge < -0.3 is 14.6 Å². The predicted octanol–water partition coefficient (Wildman–Crippen LogP) is -0.365. The minimum Gasteiger partial charge on any atom is -0.465 e. The second-order valence-corrected chi connectivity index (χ2v) is 4.95. The zero-order valence-corrected chi connectivity index (χ0v) is 11.7. The van der Waals surface area contributed by atoms with E-state index < -0.39 is 5.54 Å². The molecule has 0 spiro atoms. The average molecular weight is 267 g/mol. The van der Waals surface area contributed by atoms with Crippen LogP contribution < -0.4 is 5.32 Å². The summed E-state index contributed by atoms with van der Waals surface area (Å²) in [4.78, 5) is 14.2. The first-order valence-corrected chi connectivity index (χ1v) is 6.54. The van der Waals surface area contributed by atoms with Gasteiger partial charge in [0.2, 0.25) is 0 Å². The normalized spacial score (nSPS) is 18.7. The molecule has 0 bridgehead atoms. The third kappa shape index (κ3) is 2.93. The average Bonchev–Trinajstić information content (AvgIpc) is 2.86. The lowest BCUT2D eigenvalue weighted by atomic mass is 10.0. The highest BCUT2D eigenvalue weighted by molar-refractivity contribution is 5.80. The number of carbonyl (C=O) groups is 1. The number of fused-ring (bicyclic) bond motifs is 1. The van der Waals surface area contributed by atoms with Gasteiger partial charge in [0.15, 0.2) is 0 Å². The van der Waals surface area contributed by atoms with E-state index in [1.165, 1.54) is 0 Å². The van der Waals surface area contributed by atoms with Crippen LogP contribution in [0.4, 0.5) is 0 Å². The van der Waals surface area contributed by atoms with Crippen LogP contribution in [-0.2, 0) is 22.6 Å². The summed E-state index contributed by atoms with van der Waals surface area (Å²) in [5.74, 6) is 0.720. The summed E-state index contributed by atoms with van der Waals surface area (Å²) < 4.78 is 7.17. The molecule has 1 aliphatic heterocycles. The molecule has 0 saturated carbocycles. The number of likely N-dealkylation sites (N-methyl/N-ethyl adjacent to an activating group) is 1. The molecular weight excluding hydrogens is 246 g/mol. The van der Waals surface area contributed by atoms with Crippen molar-refractivity contribution in [3.05, 3.63) is 12.2 Å². The van der Waals surface area contributed by atoms with Crippen molar-refractivity contribution in [2.24, 2.45) is 0 Å². The molecule has 0 amide bonds. The SMILES string of the molecule is CCOC(=O)C(C)(CN1CCn2cnnc2C1)NC. The molecule has 7 nitrogen and oxygen atoms in total. The van der Waals surface area contributed by atoms with Crippen LogP contribution in [0.5, 0.6) is 0 Å². The molecule has 7 heteroatoms. The van der Waals surface area contributed by atoms with Crippen molar-refractivity contribution >= 4 is 5.97 Å². The molecule has 0 fully saturated rings. The molecule has 1 aromatic heterocycles. The maximum atomic E-state index is 12.0. The van der Waals surface area contributed by atoms with Gasteiger partial charge in [0.1, 0.15) is 17.7 Å². The Morgan fingerprint density at radius 3 is 3.05 bits per heavy atom. The Hall–Kier alpha value is -1.47. The van der Waals surface area contributed by atoms with Gasteiger partial charge in [-0.05, 0) is 20.9 Å². The fourth-order valence-corrected chi connectivity index (χ4v) is 2.23. The van der Waals surface area contributed by atoms with E-state index in [0.717, 1.165) is 18.9 Å².